The molecule has 0 aromatic rings. The molecule has 0 radical (unpaired) electrons. The third-order valence-corrected chi connectivity index (χ3v) is 11.1. The van der Waals surface area contributed by atoms with Crippen LogP contribution in [0.15, 0.2) is 0 Å². The molecule has 0 spiro atoms. The summed E-state index contributed by atoms with van der Waals surface area (Å²) in [7, 11) is -3.02. The Morgan fingerprint density at radius 1 is 1.07 bits per heavy atom. The molecule has 14 heavy (non-hydrogen) atoms. The van der Waals surface area contributed by atoms with Crippen LogP contribution in [-0.2, 0) is 4.12 Å². The lowest BCUT2D eigenvalue weighted by Gasteiger charge is -2.43. The molecule has 0 atom stereocenters. The molecule has 0 fully saturated rings. The molecule has 4 heteroatoms. The molecule has 0 unspecified atom stereocenters. The molecule has 0 aliphatic carbocycles. The van der Waals surface area contributed by atoms with E-state index in [1.54, 1.807) is 0 Å². The van der Waals surface area contributed by atoms with Gasteiger partial charge in [-0.3, -0.25) is 0 Å². The first-order valence-corrected chi connectivity index (χ1v) is 12.1. The highest BCUT2D eigenvalue weighted by atomic mass is 35.5. The quantitative estimate of drug-likeness (QED) is 0.519. The average Bonchev–Trinajstić information content (AvgIpc) is 1.79. The Morgan fingerprint density at radius 2 is 1.50 bits per heavy atom. The third kappa shape index (κ3) is 4.47. The van der Waals surface area contributed by atoms with E-state index >= 15 is 0 Å². The van der Waals surface area contributed by atoms with Gasteiger partial charge in [0.05, 0.1) is 0 Å². The van der Waals surface area contributed by atoms with E-state index in [1.165, 1.54) is 0 Å². The van der Waals surface area contributed by atoms with Crippen LogP contribution in [0.5, 0.6) is 0 Å². The van der Waals surface area contributed by atoms with Crippen LogP contribution in [0.4, 0.5) is 0 Å². The van der Waals surface area contributed by atoms with Crippen LogP contribution in [0.2, 0.25) is 37.8 Å². The average molecular weight is 253 g/mol. The summed E-state index contributed by atoms with van der Waals surface area (Å²) >= 11 is 5.84. The number of hydrogen-bond acceptors (Lipinski definition) is 1. The van der Waals surface area contributed by atoms with E-state index in [1.807, 2.05) is 0 Å². The lowest BCUT2D eigenvalue weighted by atomic mass is 10.1. The van der Waals surface area contributed by atoms with Crippen molar-refractivity contribution >= 4 is 28.2 Å². The van der Waals surface area contributed by atoms with Crippen LogP contribution in [0.3, 0.4) is 0 Å². The van der Waals surface area contributed by atoms with Crippen LogP contribution < -0.4 is 0 Å². The molecule has 0 aromatic heterocycles. The van der Waals surface area contributed by atoms with E-state index in [4.69, 9.17) is 15.7 Å². The molecule has 0 aliphatic rings. The molecule has 0 rings (SSSR count). The molecule has 0 bridgehead atoms. The summed E-state index contributed by atoms with van der Waals surface area (Å²) in [5.41, 5.74) is 0. The topological polar surface area (TPSA) is 9.23 Å². The monoisotopic (exact) mass is 252 g/mol. The Labute approximate surface area is 96.4 Å². The Bertz CT molecular complexity index is 185. The highest BCUT2D eigenvalue weighted by molar-refractivity contribution is 6.85. The van der Waals surface area contributed by atoms with E-state index in [0.29, 0.717) is 0 Å². The van der Waals surface area contributed by atoms with Crippen molar-refractivity contribution in [2.45, 2.75) is 58.0 Å². The van der Waals surface area contributed by atoms with Crippen molar-refractivity contribution in [1.82, 2.24) is 0 Å². The molecule has 0 saturated heterocycles. The fourth-order valence-electron chi connectivity index (χ4n) is 1.44. The minimum atomic E-state index is -1.61. The fraction of sp³-hybridized carbons (Fsp3) is 1.00. The van der Waals surface area contributed by atoms with Crippen molar-refractivity contribution in [1.29, 1.82) is 0 Å². The standard InChI is InChI=1S/C10H25ClOSi2/c1-10(2,8-9-11)14(6,7)12-13(3,4)5/h8-9H2,1-7H3. The summed E-state index contributed by atoms with van der Waals surface area (Å²) in [6.45, 7) is 16.0. The van der Waals surface area contributed by atoms with Gasteiger partial charge in [0.2, 0.25) is 0 Å². The normalized spacial score (nSPS) is 14.6. The van der Waals surface area contributed by atoms with Crippen LogP contribution in [0.25, 0.3) is 0 Å². The summed E-state index contributed by atoms with van der Waals surface area (Å²) in [5.74, 6) is 0.735. The number of hydrogen-bond donors (Lipinski definition) is 0. The highest BCUT2D eigenvalue weighted by Crippen LogP contribution is 2.42. The summed E-state index contributed by atoms with van der Waals surface area (Å²) in [6.07, 6.45) is 1.05. The van der Waals surface area contributed by atoms with Crippen molar-refractivity contribution in [3.63, 3.8) is 0 Å². The predicted octanol–water partition coefficient (Wildman–Crippen LogP) is 4.45. The van der Waals surface area contributed by atoms with Gasteiger partial charge in [0, 0.05) is 5.88 Å². The van der Waals surface area contributed by atoms with Gasteiger partial charge in [-0.05, 0) is 44.2 Å². The van der Waals surface area contributed by atoms with Gasteiger partial charge in [0.25, 0.3) is 0 Å². The smallest absolute Gasteiger partial charge is 0.179 e. The lowest BCUT2D eigenvalue weighted by Crippen LogP contribution is -2.49. The van der Waals surface area contributed by atoms with E-state index in [-0.39, 0.29) is 5.04 Å². The molecule has 0 heterocycles. The van der Waals surface area contributed by atoms with Crippen LogP contribution in [-0.4, -0.2) is 22.5 Å². The van der Waals surface area contributed by atoms with Crippen molar-refractivity contribution in [3.05, 3.63) is 0 Å². The van der Waals surface area contributed by atoms with Gasteiger partial charge >= 0.3 is 0 Å². The molecule has 0 amide bonds. The molecular formula is C10H25ClOSi2. The van der Waals surface area contributed by atoms with Gasteiger partial charge < -0.3 is 4.12 Å². The molecule has 86 valence electrons. The summed E-state index contributed by atoms with van der Waals surface area (Å²) in [6, 6.07) is 0. The minimum Gasteiger partial charge on any atom is -0.455 e. The number of alkyl halides is 1. The zero-order chi connectivity index (χ0) is 11.6. The lowest BCUT2D eigenvalue weighted by molar-refractivity contribution is 0.467. The first-order valence-electron chi connectivity index (χ1n) is 5.28. The molecule has 0 aliphatic heterocycles. The summed E-state index contributed by atoms with van der Waals surface area (Å²) in [4.78, 5) is 0. The summed E-state index contributed by atoms with van der Waals surface area (Å²) < 4.78 is 6.36. The molecular weight excluding hydrogens is 228 g/mol. The Hall–Kier alpha value is 0.684. The van der Waals surface area contributed by atoms with Gasteiger partial charge in [-0.25, -0.2) is 0 Å². The van der Waals surface area contributed by atoms with Crippen molar-refractivity contribution in [2.24, 2.45) is 0 Å². The van der Waals surface area contributed by atoms with E-state index in [9.17, 15) is 0 Å². The second-order valence-electron chi connectivity index (χ2n) is 6.05. The summed E-state index contributed by atoms with van der Waals surface area (Å²) in [5, 5.41) is 0.273. The molecule has 0 aromatic carbocycles. The van der Waals surface area contributed by atoms with Gasteiger partial charge in [-0.1, -0.05) is 13.8 Å². The minimum absolute atomic E-state index is 0.273. The van der Waals surface area contributed by atoms with Crippen LogP contribution >= 0.6 is 11.6 Å². The van der Waals surface area contributed by atoms with Gasteiger partial charge in [0.15, 0.2) is 16.6 Å². The molecule has 0 N–H and O–H groups in total. The predicted molar refractivity (Wildman–Crippen MR) is 71.3 cm³/mol. The van der Waals surface area contributed by atoms with Gasteiger partial charge in [-0.2, -0.15) is 0 Å². The fourth-order valence-corrected chi connectivity index (χ4v) is 10.0. The maximum absolute atomic E-state index is 6.36. The maximum atomic E-state index is 6.36. The van der Waals surface area contributed by atoms with Crippen molar-refractivity contribution < 1.29 is 4.12 Å². The zero-order valence-electron chi connectivity index (χ0n) is 10.7. The first-order chi connectivity index (χ1) is 6.02. The van der Waals surface area contributed by atoms with E-state index < -0.39 is 16.6 Å². The van der Waals surface area contributed by atoms with Gasteiger partial charge in [0.1, 0.15) is 0 Å². The second kappa shape index (κ2) is 4.68. The maximum Gasteiger partial charge on any atom is 0.179 e. The Kier molecular flexibility index (Phi) is 4.91. The SMILES string of the molecule is CC(C)(CCCl)[Si](C)(C)O[Si](C)(C)C. The number of halogens is 1. The molecule has 1 nitrogen and oxygen atoms in total. The Morgan fingerprint density at radius 3 is 1.79 bits per heavy atom. The van der Waals surface area contributed by atoms with Crippen molar-refractivity contribution in [3.8, 4) is 0 Å². The molecule has 0 saturated carbocycles. The van der Waals surface area contributed by atoms with Crippen LogP contribution in [0, 0.1) is 0 Å². The largest absolute Gasteiger partial charge is 0.455 e. The zero-order valence-corrected chi connectivity index (χ0v) is 13.5. The van der Waals surface area contributed by atoms with Crippen LogP contribution in [0.1, 0.15) is 20.3 Å². The highest BCUT2D eigenvalue weighted by Gasteiger charge is 2.42. The van der Waals surface area contributed by atoms with Gasteiger partial charge in [-0.15, -0.1) is 11.6 Å². The van der Waals surface area contributed by atoms with E-state index in [0.717, 1.165) is 12.3 Å². The Balaban J connectivity index is 4.59. The third-order valence-electron chi connectivity index (χ3n) is 2.91. The number of rotatable bonds is 5. The second-order valence-corrected chi connectivity index (χ2v) is 15.8. The first kappa shape index (κ1) is 14.7. The van der Waals surface area contributed by atoms with Crippen molar-refractivity contribution in [2.75, 3.05) is 5.88 Å². The van der Waals surface area contributed by atoms with E-state index in [2.05, 4.69) is 46.6 Å².